The van der Waals surface area contributed by atoms with Crippen LogP contribution >= 0.6 is 0 Å². The lowest BCUT2D eigenvalue weighted by atomic mass is 9.82. The summed E-state index contributed by atoms with van der Waals surface area (Å²) in [5.74, 6) is -0.511. The molecule has 4 N–H and O–H groups in total. The fourth-order valence-corrected chi connectivity index (χ4v) is 2.81. The first-order valence-electron chi connectivity index (χ1n) is 6.05. The summed E-state index contributed by atoms with van der Waals surface area (Å²) in [4.78, 5) is 36.6. The Bertz CT molecular complexity index is 440. The summed E-state index contributed by atoms with van der Waals surface area (Å²) in [6.07, 6.45) is -1.05. The minimum absolute atomic E-state index is 0.0400. The zero-order valence-corrected chi connectivity index (χ0v) is 10.6. The zero-order chi connectivity index (χ0) is 14.4. The fraction of sp³-hybridized carbons (Fsp3) is 0.727. The molecule has 0 aromatic heterocycles. The number of carbonyl (C=O) groups is 3. The summed E-state index contributed by atoms with van der Waals surface area (Å²) in [6.45, 7) is 1.65. The van der Waals surface area contributed by atoms with Crippen molar-refractivity contribution < 1.29 is 24.6 Å². The molecule has 2 rings (SSSR count). The lowest BCUT2D eigenvalue weighted by Crippen LogP contribution is -2.81. The van der Waals surface area contributed by atoms with Crippen LogP contribution in [0.25, 0.3) is 0 Å². The molecule has 106 valence electrons. The quantitative estimate of drug-likeness (QED) is 0.427. The number of nitrogens with two attached hydrogens (primary N) is 1. The highest BCUT2D eigenvalue weighted by Gasteiger charge is 2.64. The summed E-state index contributed by atoms with van der Waals surface area (Å²) in [5, 5.41) is 18.6. The van der Waals surface area contributed by atoms with Crippen LogP contribution in [0.2, 0.25) is 0 Å². The fourth-order valence-electron chi connectivity index (χ4n) is 2.81. The van der Waals surface area contributed by atoms with Crippen molar-refractivity contribution in [1.29, 1.82) is 0 Å². The number of amides is 2. The third kappa shape index (κ3) is 1.63. The van der Waals surface area contributed by atoms with Crippen molar-refractivity contribution in [3.05, 3.63) is 0 Å². The van der Waals surface area contributed by atoms with Gasteiger partial charge < -0.3 is 20.8 Å². The van der Waals surface area contributed by atoms with Crippen LogP contribution in [0.5, 0.6) is 0 Å². The highest BCUT2D eigenvalue weighted by atomic mass is 16.4. The molecule has 0 bridgehead atoms. The van der Waals surface area contributed by atoms with Crippen LogP contribution in [-0.2, 0) is 9.59 Å². The Labute approximate surface area is 109 Å². The minimum atomic E-state index is -1.80. The molecule has 0 aliphatic carbocycles. The molecule has 8 nitrogen and oxygen atoms in total. The second-order valence-electron chi connectivity index (χ2n) is 5.14. The lowest BCUT2D eigenvalue weighted by Gasteiger charge is -2.55. The van der Waals surface area contributed by atoms with Gasteiger partial charge in [0, 0.05) is 6.54 Å². The first kappa shape index (κ1) is 13.8. The van der Waals surface area contributed by atoms with Gasteiger partial charge in [-0.1, -0.05) is 0 Å². The zero-order valence-electron chi connectivity index (χ0n) is 10.6. The standard InChI is InChI=1S/C11H17N3O5/c1-7(16)11(12,6-15)14-5-10(8(14)17)3-2-4-13(10)9(18)19/h6-7,16H,2-5,12H2,1H3,(H,18,19)/t7-,10+,11-/m1/s1. The second kappa shape index (κ2) is 4.17. The molecular weight excluding hydrogens is 254 g/mol. The monoisotopic (exact) mass is 271 g/mol. The molecule has 0 aromatic rings. The summed E-state index contributed by atoms with van der Waals surface area (Å²) in [7, 11) is 0. The van der Waals surface area contributed by atoms with Gasteiger partial charge >= 0.3 is 6.09 Å². The van der Waals surface area contributed by atoms with E-state index in [0.717, 1.165) is 9.80 Å². The van der Waals surface area contributed by atoms with Crippen LogP contribution < -0.4 is 5.73 Å². The number of likely N-dealkylation sites (tertiary alicyclic amines) is 2. The highest BCUT2D eigenvalue weighted by molar-refractivity contribution is 5.98. The number of hydrogen-bond acceptors (Lipinski definition) is 5. The van der Waals surface area contributed by atoms with Gasteiger partial charge in [-0.05, 0) is 19.8 Å². The van der Waals surface area contributed by atoms with Gasteiger partial charge in [0.05, 0.1) is 12.6 Å². The Morgan fingerprint density at radius 1 is 1.63 bits per heavy atom. The number of rotatable bonds is 3. The SMILES string of the molecule is C[C@@H](O)[C@@](N)(C=O)N1C[C@@]2(CCCN2C(=O)O)C1=O. The topological polar surface area (TPSA) is 124 Å². The number of β-lactam (4-membered cyclic amide) rings is 1. The average molecular weight is 271 g/mol. The van der Waals surface area contributed by atoms with Crippen LogP contribution in [0.15, 0.2) is 0 Å². The normalized spacial score (nSPS) is 31.0. The average Bonchev–Trinajstić information content (AvgIpc) is 2.81. The summed E-state index contributed by atoms with van der Waals surface area (Å²) in [5.41, 5.74) is 2.83. The molecule has 19 heavy (non-hydrogen) atoms. The highest BCUT2D eigenvalue weighted by Crippen LogP contribution is 2.41. The molecule has 0 unspecified atom stereocenters. The van der Waals surface area contributed by atoms with E-state index in [2.05, 4.69) is 0 Å². The van der Waals surface area contributed by atoms with Crippen LogP contribution in [0, 0.1) is 0 Å². The van der Waals surface area contributed by atoms with Gasteiger partial charge in [-0.25, -0.2) is 4.79 Å². The first-order valence-corrected chi connectivity index (χ1v) is 6.05. The van der Waals surface area contributed by atoms with Crippen molar-refractivity contribution in [3.8, 4) is 0 Å². The van der Waals surface area contributed by atoms with E-state index in [-0.39, 0.29) is 6.54 Å². The van der Waals surface area contributed by atoms with Crippen molar-refractivity contribution in [3.63, 3.8) is 0 Å². The van der Waals surface area contributed by atoms with E-state index in [4.69, 9.17) is 10.8 Å². The number of hydrogen-bond donors (Lipinski definition) is 3. The molecule has 2 aliphatic heterocycles. The minimum Gasteiger partial charge on any atom is -0.465 e. The van der Waals surface area contributed by atoms with Crippen LogP contribution in [0.4, 0.5) is 4.79 Å². The molecule has 2 heterocycles. The predicted molar refractivity (Wildman–Crippen MR) is 63.1 cm³/mol. The molecule has 0 radical (unpaired) electrons. The van der Waals surface area contributed by atoms with Crippen molar-refractivity contribution in [2.45, 2.75) is 37.1 Å². The number of aliphatic hydroxyl groups is 1. The van der Waals surface area contributed by atoms with Crippen molar-refractivity contribution in [2.75, 3.05) is 13.1 Å². The van der Waals surface area contributed by atoms with E-state index in [0.29, 0.717) is 25.7 Å². The van der Waals surface area contributed by atoms with Gasteiger partial charge in [-0.15, -0.1) is 0 Å². The molecule has 0 saturated carbocycles. The maximum atomic E-state index is 12.3. The third-order valence-electron chi connectivity index (χ3n) is 4.11. The smallest absolute Gasteiger partial charge is 0.408 e. The molecule has 2 fully saturated rings. The number of carbonyl (C=O) groups excluding carboxylic acids is 2. The van der Waals surface area contributed by atoms with Crippen LogP contribution in [0.3, 0.4) is 0 Å². The van der Waals surface area contributed by atoms with Crippen molar-refractivity contribution >= 4 is 18.3 Å². The van der Waals surface area contributed by atoms with E-state index in [1.165, 1.54) is 6.92 Å². The third-order valence-corrected chi connectivity index (χ3v) is 4.11. The van der Waals surface area contributed by atoms with E-state index in [9.17, 15) is 19.5 Å². The number of carboxylic acid groups (broad SMARTS) is 1. The maximum Gasteiger partial charge on any atom is 0.408 e. The van der Waals surface area contributed by atoms with Gasteiger partial charge in [-0.2, -0.15) is 0 Å². The van der Waals surface area contributed by atoms with E-state index < -0.39 is 29.3 Å². The maximum absolute atomic E-state index is 12.3. The van der Waals surface area contributed by atoms with Crippen molar-refractivity contribution in [2.24, 2.45) is 5.73 Å². The van der Waals surface area contributed by atoms with Gasteiger partial charge in [0.2, 0.25) is 0 Å². The van der Waals surface area contributed by atoms with E-state index >= 15 is 0 Å². The molecule has 0 aromatic carbocycles. The van der Waals surface area contributed by atoms with Gasteiger partial charge in [-0.3, -0.25) is 14.5 Å². The summed E-state index contributed by atoms with van der Waals surface area (Å²) in [6, 6.07) is 0. The first-order chi connectivity index (χ1) is 8.79. The second-order valence-corrected chi connectivity index (χ2v) is 5.14. The Kier molecular flexibility index (Phi) is 3.02. The Balaban J connectivity index is 2.24. The lowest BCUT2D eigenvalue weighted by molar-refractivity contribution is -0.178. The molecule has 1 spiro atoms. The molecule has 2 amide bonds. The number of aldehydes is 1. The predicted octanol–water partition coefficient (Wildman–Crippen LogP) is -1.42. The molecule has 2 aliphatic rings. The van der Waals surface area contributed by atoms with Gasteiger partial charge in [0.1, 0.15) is 5.54 Å². The van der Waals surface area contributed by atoms with E-state index in [1.807, 2.05) is 0 Å². The molecular formula is C11H17N3O5. The molecule has 3 atom stereocenters. The van der Waals surface area contributed by atoms with Crippen LogP contribution in [0.1, 0.15) is 19.8 Å². The molecule has 2 saturated heterocycles. The van der Waals surface area contributed by atoms with Crippen LogP contribution in [-0.4, -0.2) is 68.7 Å². The molecule has 8 heteroatoms. The van der Waals surface area contributed by atoms with E-state index in [1.54, 1.807) is 0 Å². The number of nitrogens with zero attached hydrogens (tertiary/aromatic N) is 2. The summed E-state index contributed by atoms with van der Waals surface area (Å²) < 4.78 is 0. The Hall–Kier alpha value is -1.67. The Morgan fingerprint density at radius 3 is 2.68 bits per heavy atom. The number of aliphatic hydroxyl groups excluding tert-OH is 1. The van der Waals surface area contributed by atoms with Crippen molar-refractivity contribution in [1.82, 2.24) is 9.80 Å². The Morgan fingerprint density at radius 2 is 2.26 bits per heavy atom. The largest absolute Gasteiger partial charge is 0.465 e. The summed E-state index contributed by atoms with van der Waals surface area (Å²) >= 11 is 0. The van der Waals surface area contributed by atoms with Gasteiger partial charge in [0.25, 0.3) is 5.91 Å². The van der Waals surface area contributed by atoms with Gasteiger partial charge in [0.15, 0.2) is 11.9 Å².